The molecule has 4 aromatic carbocycles. The normalized spacial score (nSPS) is 16.9. The average molecular weight is 820 g/mol. The van der Waals surface area contributed by atoms with E-state index in [1.165, 1.54) is 0 Å². The van der Waals surface area contributed by atoms with Crippen LogP contribution in [0.1, 0.15) is 50.7 Å². The molecule has 4 heterocycles. The average Bonchev–Trinajstić information content (AvgIpc) is 3.98. The maximum Gasteiger partial charge on any atom is 0.415 e. The molecule has 3 aliphatic rings. The van der Waals surface area contributed by atoms with Crippen molar-refractivity contribution in [3.05, 3.63) is 95.2 Å². The number of benzene rings is 4. The van der Waals surface area contributed by atoms with Crippen LogP contribution in [-0.4, -0.2) is 109 Å². The maximum absolute atomic E-state index is 14.5. The molecule has 5 aromatic rings. The first-order valence-electron chi connectivity index (χ1n) is 19.8. The molecule has 0 unspecified atom stereocenters. The summed E-state index contributed by atoms with van der Waals surface area (Å²) in [6, 6.07) is 20.4. The molecule has 6 amide bonds. The Hall–Kier alpha value is -6.16. The van der Waals surface area contributed by atoms with Crippen molar-refractivity contribution in [2.75, 3.05) is 73.9 Å². The van der Waals surface area contributed by atoms with Gasteiger partial charge in [0.15, 0.2) is 0 Å². The van der Waals surface area contributed by atoms with Gasteiger partial charge in [0.05, 0.1) is 11.7 Å². The summed E-state index contributed by atoms with van der Waals surface area (Å²) in [6.07, 6.45) is 1.03. The predicted octanol–water partition coefficient (Wildman–Crippen LogP) is 4.97. The van der Waals surface area contributed by atoms with Crippen LogP contribution in [0.4, 0.5) is 26.7 Å². The van der Waals surface area contributed by atoms with Crippen molar-refractivity contribution in [1.29, 1.82) is 0 Å². The van der Waals surface area contributed by atoms with Gasteiger partial charge in [-0.2, -0.15) is 0 Å². The second kappa shape index (κ2) is 16.6. The molecule has 0 saturated carbocycles. The minimum atomic E-state index is -0.779. The summed E-state index contributed by atoms with van der Waals surface area (Å²) in [5.74, 6) is -0.253. The number of alkyl halides is 1. The van der Waals surface area contributed by atoms with Gasteiger partial charge in [-0.15, -0.1) is 11.6 Å². The van der Waals surface area contributed by atoms with Crippen LogP contribution in [0.15, 0.2) is 72.8 Å². The third-order valence-electron chi connectivity index (χ3n) is 11.5. The molecule has 1 saturated heterocycles. The Labute approximate surface area is 345 Å². The molecule has 306 valence electrons. The zero-order valence-corrected chi connectivity index (χ0v) is 33.4. The number of carbonyl (C=O) groups is 5. The molecule has 0 radical (unpaired) electrons. The number of ether oxygens (including phenoxy) is 1. The summed E-state index contributed by atoms with van der Waals surface area (Å²) in [6.45, 7) is 3.80. The number of primary amides is 1. The number of anilines is 3. The number of rotatable bonds is 10. The third-order valence-corrected chi connectivity index (χ3v) is 11.9. The highest BCUT2D eigenvalue weighted by Crippen LogP contribution is 2.46. The van der Waals surface area contributed by atoms with Crippen LogP contribution in [0.3, 0.4) is 0 Å². The number of hydrogen-bond donors (Lipinski definition) is 5. The first kappa shape index (κ1) is 39.7. The van der Waals surface area contributed by atoms with Gasteiger partial charge >= 0.3 is 12.1 Å². The van der Waals surface area contributed by atoms with Crippen molar-refractivity contribution in [3.63, 3.8) is 0 Å². The van der Waals surface area contributed by atoms with E-state index in [1.54, 1.807) is 45.0 Å². The second-order valence-electron chi connectivity index (χ2n) is 15.3. The van der Waals surface area contributed by atoms with Gasteiger partial charge in [-0.25, -0.2) is 9.59 Å². The van der Waals surface area contributed by atoms with E-state index in [-0.39, 0.29) is 23.6 Å². The molecular formula is C43H46ClN9O6. The van der Waals surface area contributed by atoms with Crippen molar-refractivity contribution in [2.45, 2.75) is 31.2 Å². The van der Waals surface area contributed by atoms with Gasteiger partial charge in [0.1, 0.15) is 11.4 Å². The SMILES string of the molecule is CN1CCN(C(=O)Oc2cc3c(c4ccccc24)[C@H](CCl)CN3C(=O)c2cc3c4c(ccc3[nH]2)N(C(=O)c2ccc(NC(=O)[C@@H](N)CCCNC(N)=O)cc2)CC4)CC1. The largest absolute Gasteiger partial charge is 0.415 e. The number of piperazine rings is 1. The van der Waals surface area contributed by atoms with Gasteiger partial charge in [0.25, 0.3) is 11.8 Å². The molecule has 0 aliphatic carbocycles. The zero-order valence-electron chi connectivity index (χ0n) is 32.6. The Kier molecular flexibility index (Phi) is 11.2. The Morgan fingerprint density at radius 1 is 0.881 bits per heavy atom. The van der Waals surface area contributed by atoms with Crippen molar-refractivity contribution in [1.82, 2.24) is 20.1 Å². The standard InChI is InChI=1S/C43H46ClN9O6/c1-50-17-19-51(20-18-50)43(58)59-37-22-36-38(30-6-3-2-5-29(30)37)26(23-44)24-53(36)41(56)34-21-31-28-14-16-52(35(28)13-12-33(31)49-34)40(55)25-8-10-27(11-9-25)48-39(54)32(45)7-4-15-47-42(46)57/h2-3,5-6,8-13,21-22,26,32,49H,4,7,14-20,23-24,45H2,1H3,(H,48,54)(H3,46,47,57)/t26-,32+/m1/s1. The quantitative estimate of drug-likeness (QED) is 0.0961. The van der Waals surface area contributed by atoms with Crippen molar-refractivity contribution < 1.29 is 28.7 Å². The van der Waals surface area contributed by atoms with Gasteiger partial charge < -0.3 is 51.4 Å². The molecule has 0 bridgehead atoms. The summed E-state index contributed by atoms with van der Waals surface area (Å²) in [5.41, 5.74) is 16.5. The fourth-order valence-electron chi connectivity index (χ4n) is 8.30. The minimum Gasteiger partial charge on any atom is -0.409 e. The molecule has 59 heavy (non-hydrogen) atoms. The highest BCUT2D eigenvalue weighted by atomic mass is 35.5. The molecule has 8 rings (SSSR count). The van der Waals surface area contributed by atoms with Crippen molar-refractivity contribution in [2.24, 2.45) is 11.5 Å². The number of H-pyrrole nitrogens is 1. The fourth-order valence-corrected chi connectivity index (χ4v) is 8.55. The van der Waals surface area contributed by atoms with Crippen LogP contribution < -0.4 is 36.6 Å². The van der Waals surface area contributed by atoms with Crippen molar-refractivity contribution in [3.8, 4) is 5.75 Å². The number of carbonyl (C=O) groups excluding carboxylic acids is 5. The van der Waals surface area contributed by atoms with E-state index in [9.17, 15) is 24.0 Å². The van der Waals surface area contributed by atoms with Crippen LogP contribution in [0.5, 0.6) is 5.75 Å². The van der Waals surface area contributed by atoms with E-state index < -0.39 is 18.2 Å². The van der Waals surface area contributed by atoms with Crippen LogP contribution >= 0.6 is 11.6 Å². The lowest BCUT2D eigenvalue weighted by atomic mass is 9.95. The van der Waals surface area contributed by atoms with Gasteiger partial charge in [-0.05, 0) is 85.3 Å². The summed E-state index contributed by atoms with van der Waals surface area (Å²) in [5, 5.41) is 7.77. The number of likely N-dealkylation sites (N-methyl/N-ethyl adjacent to an activating group) is 1. The summed E-state index contributed by atoms with van der Waals surface area (Å²) in [7, 11) is 2.03. The number of nitrogens with zero attached hydrogens (tertiary/aromatic N) is 4. The number of hydrogen-bond acceptors (Lipinski definition) is 8. The molecule has 7 N–H and O–H groups in total. The number of aromatic amines is 1. The summed E-state index contributed by atoms with van der Waals surface area (Å²) < 4.78 is 6.06. The maximum atomic E-state index is 14.5. The van der Waals surface area contributed by atoms with Gasteiger partial charge in [0, 0.05) is 96.9 Å². The van der Waals surface area contributed by atoms with Crippen molar-refractivity contribution >= 4 is 80.2 Å². The highest BCUT2D eigenvalue weighted by molar-refractivity contribution is 6.19. The topological polar surface area (TPSA) is 199 Å². The lowest BCUT2D eigenvalue weighted by Gasteiger charge is -2.31. The highest BCUT2D eigenvalue weighted by Gasteiger charge is 2.37. The van der Waals surface area contributed by atoms with Gasteiger partial charge in [-0.3, -0.25) is 14.4 Å². The number of amides is 6. The van der Waals surface area contributed by atoms with E-state index >= 15 is 0 Å². The first-order valence-corrected chi connectivity index (χ1v) is 20.3. The van der Waals surface area contributed by atoms with E-state index in [1.807, 2.05) is 49.5 Å². The predicted molar refractivity (Wildman–Crippen MR) is 228 cm³/mol. The first-order chi connectivity index (χ1) is 28.5. The molecular weight excluding hydrogens is 774 g/mol. The Bertz CT molecular complexity index is 2460. The fraction of sp³-hybridized carbons (Fsp3) is 0.326. The number of nitrogens with one attached hydrogen (secondary N) is 3. The van der Waals surface area contributed by atoms with Crippen LogP contribution in [0, 0.1) is 0 Å². The Morgan fingerprint density at radius 3 is 2.36 bits per heavy atom. The number of nitrogens with two attached hydrogens (primary N) is 2. The van der Waals surface area contributed by atoms with Gasteiger partial charge in [-0.1, -0.05) is 24.3 Å². The summed E-state index contributed by atoms with van der Waals surface area (Å²) >= 11 is 6.56. The van der Waals surface area contributed by atoms with Crippen LogP contribution in [-0.2, 0) is 11.2 Å². The Balaban J connectivity index is 0.998. The summed E-state index contributed by atoms with van der Waals surface area (Å²) in [4.78, 5) is 75.7. The molecule has 16 heteroatoms. The minimum absolute atomic E-state index is 0.137. The van der Waals surface area contributed by atoms with E-state index in [0.29, 0.717) is 86.2 Å². The van der Waals surface area contributed by atoms with E-state index in [0.717, 1.165) is 51.6 Å². The number of fused-ring (bicyclic) bond motifs is 6. The zero-order chi connectivity index (χ0) is 41.4. The van der Waals surface area contributed by atoms with Gasteiger partial charge in [0.2, 0.25) is 5.91 Å². The lowest BCUT2D eigenvalue weighted by Crippen LogP contribution is -2.48. The van der Waals surface area contributed by atoms with Crippen LogP contribution in [0.2, 0.25) is 0 Å². The van der Waals surface area contributed by atoms with Crippen LogP contribution in [0.25, 0.3) is 21.7 Å². The third kappa shape index (κ3) is 7.88. The molecule has 2 atom stereocenters. The number of halogens is 1. The van der Waals surface area contributed by atoms with E-state index in [4.69, 9.17) is 27.8 Å². The van der Waals surface area contributed by atoms with E-state index in [2.05, 4.69) is 20.5 Å². The molecule has 15 nitrogen and oxygen atoms in total. The number of urea groups is 1. The molecule has 0 spiro atoms. The smallest absolute Gasteiger partial charge is 0.409 e. The Morgan fingerprint density at radius 2 is 1.63 bits per heavy atom. The number of aromatic nitrogens is 1. The molecule has 1 aromatic heterocycles. The molecule has 3 aliphatic heterocycles. The monoisotopic (exact) mass is 819 g/mol. The second-order valence-corrected chi connectivity index (χ2v) is 15.6. The molecule has 1 fully saturated rings. The lowest BCUT2D eigenvalue weighted by molar-refractivity contribution is -0.117.